The highest BCUT2D eigenvalue weighted by Crippen LogP contribution is 2.23. The van der Waals surface area contributed by atoms with Crippen LogP contribution in [0.2, 0.25) is 5.02 Å². The number of nitrogens with one attached hydrogen (secondary N) is 1. The fourth-order valence-electron chi connectivity index (χ4n) is 2.07. The first-order valence-corrected chi connectivity index (χ1v) is 7.78. The van der Waals surface area contributed by atoms with Gasteiger partial charge in [-0.05, 0) is 37.1 Å². The lowest BCUT2D eigenvalue weighted by atomic mass is 10.1. The Bertz CT molecular complexity index is 686. The van der Waals surface area contributed by atoms with Crippen LogP contribution in [0.25, 0.3) is 0 Å². The number of carbonyl (C=O) groups excluding carboxylic acids is 2. The van der Waals surface area contributed by atoms with Crippen molar-refractivity contribution in [1.82, 2.24) is 0 Å². The molecule has 120 valence electrons. The topological polar surface area (TPSA) is 55.4 Å². The van der Waals surface area contributed by atoms with E-state index in [-0.39, 0.29) is 5.91 Å². The summed E-state index contributed by atoms with van der Waals surface area (Å²) in [6.07, 6.45) is 1.02. The minimum atomic E-state index is -0.434. The van der Waals surface area contributed by atoms with E-state index in [2.05, 4.69) is 5.32 Å². The van der Waals surface area contributed by atoms with Gasteiger partial charge in [-0.2, -0.15) is 0 Å². The third kappa shape index (κ3) is 5.11. The molecule has 5 heteroatoms. The van der Waals surface area contributed by atoms with E-state index in [1.165, 1.54) is 6.07 Å². The zero-order valence-corrected chi connectivity index (χ0v) is 13.6. The van der Waals surface area contributed by atoms with Crippen molar-refractivity contribution >= 4 is 29.2 Å². The van der Waals surface area contributed by atoms with Gasteiger partial charge in [-0.3, -0.25) is 4.79 Å². The molecule has 0 atom stereocenters. The van der Waals surface area contributed by atoms with E-state index in [4.69, 9.17) is 16.3 Å². The molecule has 0 saturated heterocycles. The van der Waals surface area contributed by atoms with Crippen LogP contribution < -0.4 is 5.32 Å². The molecule has 0 aliphatic rings. The van der Waals surface area contributed by atoms with Crippen LogP contribution in [-0.4, -0.2) is 18.5 Å². The fraction of sp³-hybridized carbons (Fsp3) is 0.222. The van der Waals surface area contributed by atoms with E-state index in [0.29, 0.717) is 35.7 Å². The molecule has 0 aliphatic heterocycles. The summed E-state index contributed by atoms with van der Waals surface area (Å²) in [5.41, 5.74) is 1.95. The van der Waals surface area contributed by atoms with E-state index >= 15 is 0 Å². The van der Waals surface area contributed by atoms with Gasteiger partial charge >= 0.3 is 5.97 Å². The molecule has 0 aromatic heterocycles. The predicted molar refractivity (Wildman–Crippen MR) is 90.8 cm³/mol. The van der Waals surface area contributed by atoms with E-state index < -0.39 is 5.97 Å². The Balaban J connectivity index is 1.94. The van der Waals surface area contributed by atoms with Crippen molar-refractivity contribution in [3.8, 4) is 0 Å². The highest BCUT2D eigenvalue weighted by atomic mass is 35.5. The molecule has 1 amide bonds. The van der Waals surface area contributed by atoms with Crippen molar-refractivity contribution in [3.05, 3.63) is 64.7 Å². The summed E-state index contributed by atoms with van der Waals surface area (Å²) in [4.78, 5) is 23.6. The van der Waals surface area contributed by atoms with Gasteiger partial charge in [0.2, 0.25) is 5.91 Å². The van der Waals surface area contributed by atoms with Gasteiger partial charge < -0.3 is 10.1 Å². The largest absolute Gasteiger partial charge is 0.462 e. The number of halogens is 1. The second-order valence-electron chi connectivity index (χ2n) is 4.95. The maximum atomic E-state index is 12.0. The molecule has 0 aliphatic carbocycles. The second-order valence-corrected chi connectivity index (χ2v) is 5.36. The molecule has 2 aromatic rings. The maximum absolute atomic E-state index is 12.0. The highest BCUT2D eigenvalue weighted by molar-refractivity contribution is 6.34. The van der Waals surface area contributed by atoms with Crippen LogP contribution in [0.5, 0.6) is 0 Å². The third-order valence-corrected chi connectivity index (χ3v) is 3.55. The van der Waals surface area contributed by atoms with Gasteiger partial charge in [0, 0.05) is 6.42 Å². The summed E-state index contributed by atoms with van der Waals surface area (Å²) in [6, 6.07) is 14.5. The summed E-state index contributed by atoms with van der Waals surface area (Å²) in [5, 5.41) is 3.06. The van der Waals surface area contributed by atoms with Gasteiger partial charge in [-0.15, -0.1) is 0 Å². The zero-order chi connectivity index (χ0) is 16.7. The molecule has 2 aromatic carbocycles. The number of hydrogen-bond acceptors (Lipinski definition) is 3. The quantitative estimate of drug-likeness (QED) is 0.811. The summed E-state index contributed by atoms with van der Waals surface area (Å²) >= 11 is 6.11. The number of hydrogen-bond donors (Lipinski definition) is 1. The predicted octanol–water partition coefficient (Wildman–Crippen LogP) is 4.09. The summed E-state index contributed by atoms with van der Waals surface area (Å²) in [5.74, 6) is -0.559. The first-order chi connectivity index (χ1) is 11.1. The normalized spacial score (nSPS) is 10.2. The lowest BCUT2D eigenvalue weighted by Crippen LogP contribution is -2.13. The molecule has 1 N–H and O–H groups in total. The third-order valence-electron chi connectivity index (χ3n) is 3.24. The van der Waals surface area contributed by atoms with Crippen molar-refractivity contribution in [2.45, 2.75) is 19.8 Å². The minimum Gasteiger partial charge on any atom is -0.462 e. The molecule has 0 fully saturated rings. The van der Waals surface area contributed by atoms with Crippen LogP contribution in [-0.2, 0) is 16.0 Å². The molecule has 0 heterocycles. The lowest BCUT2D eigenvalue weighted by Gasteiger charge is -2.09. The van der Waals surface area contributed by atoms with Gasteiger partial charge in [0.05, 0.1) is 22.9 Å². The zero-order valence-electron chi connectivity index (χ0n) is 12.8. The number of ether oxygens (including phenoxy) is 1. The van der Waals surface area contributed by atoms with Crippen molar-refractivity contribution in [2.24, 2.45) is 0 Å². The van der Waals surface area contributed by atoms with Gasteiger partial charge in [0.1, 0.15) is 0 Å². The van der Waals surface area contributed by atoms with Gasteiger partial charge in [0.25, 0.3) is 0 Å². The molecule has 0 saturated carbocycles. The van der Waals surface area contributed by atoms with E-state index in [1.807, 2.05) is 30.3 Å². The molecule has 0 unspecified atom stereocenters. The van der Waals surface area contributed by atoms with E-state index in [9.17, 15) is 9.59 Å². The summed E-state index contributed by atoms with van der Waals surface area (Å²) in [7, 11) is 0. The first kappa shape index (κ1) is 17.0. The Labute approximate surface area is 140 Å². The van der Waals surface area contributed by atoms with Crippen LogP contribution in [0.3, 0.4) is 0 Å². The average molecular weight is 332 g/mol. The standard InChI is InChI=1S/C18H18ClNO3/c1-2-23-18(22)14-9-10-16(15(19)12-14)20-17(21)11-8-13-6-4-3-5-7-13/h3-7,9-10,12H,2,8,11H2,1H3,(H,20,21). The van der Waals surface area contributed by atoms with Crippen molar-refractivity contribution in [1.29, 1.82) is 0 Å². The van der Waals surface area contributed by atoms with Crippen molar-refractivity contribution in [3.63, 3.8) is 0 Å². The molecule has 4 nitrogen and oxygen atoms in total. The number of carbonyl (C=O) groups is 2. The molecular formula is C18H18ClNO3. The Hall–Kier alpha value is -2.33. The van der Waals surface area contributed by atoms with E-state index in [0.717, 1.165) is 5.56 Å². The highest BCUT2D eigenvalue weighted by Gasteiger charge is 2.11. The number of benzene rings is 2. The fourth-order valence-corrected chi connectivity index (χ4v) is 2.30. The van der Waals surface area contributed by atoms with Crippen molar-refractivity contribution in [2.75, 3.05) is 11.9 Å². The molecule has 0 bridgehead atoms. The molecule has 0 radical (unpaired) electrons. The number of esters is 1. The summed E-state index contributed by atoms with van der Waals surface area (Å²) < 4.78 is 4.91. The minimum absolute atomic E-state index is 0.125. The van der Waals surface area contributed by atoms with Crippen LogP contribution >= 0.6 is 11.6 Å². The van der Waals surface area contributed by atoms with Gasteiger partial charge in [-0.1, -0.05) is 41.9 Å². The Kier molecular flexibility index (Phi) is 6.18. The lowest BCUT2D eigenvalue weighted by molar-refractivity contribution is -0.116. The maximum Gasteiger partial charge on any atom is 0.338 e. The average Bonchev–Trinajstić information content (AvgIpc) is 2.56. The Morgan fingerprint density at radius 1 is 1.13 bits per heavy atom. The number of rotatable bonds is 6. The van der Waals surface area contributed by atoms with Gasteiger partial charge in [0.15, 0.2) is 0 Å². The summed E-state index contributed by atoms with van der Waals surface area (Å²) in [6.45, 7) is 2.04. The number of amides is 1. The smallest absolute Gasteiger partial charge is 0.338 e. The molecular weight excluding hydrogens is 314 g/mol. The molecule has 23 heavy (non-hydrogen) atoms. The van der Waals surface area contributed by atoms with Crippen LogP contribution in [0.1, 0.15) is 29.3 Å². The van der Waals surface area contributed by atoms with Gasteiger partial charge in [-0.25, -0.2) is 4.79 Å². The van der Waals surface area contributed by atoms with Crippen LogP contribution in [0, 0.1) is 0 Å². The first-order valence-electron chi connectivity index (χ1n) is 7.40. The van der Waals surface area contributed by atoms with Crippen molar-refractivity contribution < 1.29 is 14.3 Å². The van der Waals surface area contributed by atoms with Crippen LogP contribution in [0.4, 0.5) is 5.69 Å². The number of anilines is 1. The SMILES string of the molecule is CCOC(=O)c1ccc(NC(=O)CCc2ccccc2)c(Cl)c1. The molecule has 2 rings (SSSR count). The van der Waals surface area contributed by atoms with E-state index in [1.54, 1.807) is 19.1 Å². The Morgan fingerprint density at radius 2 is 1.87 bits per heavy atom. The Morgan fingerprint density at radius 3 is 2.52 bits per heavy atom. The number of aryl methyl sites for hydroxylation is 1. The second kappa shape index (κ2) is 8.34. The monoisotopic (exact) mass is 331 g/mol. The molecule has 0 spiro atoms. The van der Waals surface area contributed by atoms with Crippen LogP contribution in [0.15, 0.2) is 48.5 Å².